The van der Waals surface area contributed by atoms with E-state index in [0.29, 0.717) is 18.4 Å². The summed E-state index contributed by atoms with van der Waals surface area (Å²) in [5.41, 5.74) is 1.41. The van der Waals surface area contributed by atoms with Crippen molar-refractivity contribution in [3.05, 3.63) is 11.3 Å². The van der Waals surface area contributed by atoms with E-state index in [9.17, 15) is 9.59 Å². The molecule has 3 nitrogen and oxygen atoms in total. The maximum Gasteiger partial charge on any atom is 0.168 e. The van der Waals surface area contributed by atoms with Crippen LogP contribution in [0.1, 0.15) is 44.9 Å². The van der Waals surface area contributed by atoms with Gasteiger partial charge in [-0.1, -0.05) is 6.42 Å². The van der Waals surface area contributed by atoms with Crippen molar-refractivity contribution in [2.24, 2.45) is 0 Å². The van der Waals surface area contributed by atoms with Crippen molar-refractivity contribution in [2.75, 3.05) is 6.54 Å². The Morgan fingerprint density at radius 2 is 1.53 bits per heavy atom. The molecule has 0 radical (unpaired) electrons. The van der Waals surface area contributed by atoms with Crippen LogP contribution < -0.4 is 5.32 Å². The summed E-state index contributed by atoms with van der Waals surface area (Å²) in [5, 5.41) is 3.25. The highest BCUT2D eigenvalue weighted by atomic mass is 16.1. The lowest BCUT2D eigenvalue weighted by Crippen LogP contribution is -2.26. The molecule has 0 unspecified atom stereocenters. The van der Waals surface area contributed by atoms with Gasteiger partial charge < -0.3 is 5.32 Å². The quantitative estimate of drug-likeness (QED) is 0.486. The molecule has 0 atom stereocenters. The van der Waals surface area contributed by atoms with E-state index in [-0.39, 0.29) is 11.6 Å². The lowest BCUT2D eigenvalue weighted by atomic mass is 9.90. The standard InChI is InChI=1S/C12H17NO2/c14-10-6-4-7-11(15)12(10)9-5-2-1-3-8-13-9/h13H,1-8H2. The number of carbonyl (C=O) groups excluding carboxylic acids is 2. The molecule has 2 aliphatic rings. The summed E-state index contributed by atoms with van der Waals surface area (Å²) in [6.07, 6.45) is 6.11. The zero-order valence-electron chi connectivity index (χ0n) is 8.97. The molecule has 1 saturated heterocycles. The second kappa shape index (κ2) is 4.60. The number of hydrogen-bond donors (Lipinski definition) is 1. The molecule has 15 heavy (non-hydrogen) atoms. The fourth-order valence-electron chi connectivity index (χ4n) is 2.30. The van der Waals surface area contributed by atoms with Crippen molar-refractivity contribution in [1.82, 2.24) is 5.32 Å². The molecule has 1 heterocycles. The van der Waals surface area contributed by atoms with E-state index in [1.165, 1.54) is 6.42 Å². The second-order valence-corrected chi connectivity index (χ2v) is 4.29. The first kappa shape index (κ1) is 10.4. The van der Waals surface area contributed by atoms with E-state index >= 15 is 0 Å². The van der Waals surface area contributed by atoms with Gasteiger partial charge in [-0.3, -0.25) is 9.59 Å². The predicted octanol–water partition coefficient (Wildman–Crippen LogP) is 1.73. The van der Waals surface area contributed by atoms with Gasteiger partial charge in [-0.15, -0.1) is 0 Å². The Kier molecular flexibility index (Phi) is 3.19. The van der Waals surface area contributed by atoms with Crippen LogP contribution in [-0.4, -0.2) is 18.1 Å². The lowest BCUT2D eigenvalue weighted by molar-refractivity contribution is -0.123. The minimum absolute atomic E-state index is 0.0515. The average molecular weight is 207 g/mol. The Morgan fingerprint density at radius 3 is 2.27 bits per heavy atom. The van der Waals surface area contributed by atoms with Crippen molar-refractivity contribution in [1.29, 1.82) is 0 Å². The van der Waals surface area contributed by atoms with Crippen molar-refractivity contribution in [2.45, 2.75) is 44.9 Å². The maximum absolute atomic E-state index is 11.7. The molecule has 0 aromatic rings. The summed E-state index contributed by atoms with van der Waals surface area (Å²) >= 11 is 0. The molecular weight excluding hydrogens is 190 g/mol. The van der Waals surface area contributed by atoms with Gasteiger partial charge in [0.25, 0.3) is 0 Å². The van der Waals surface area contributed by atoms with Crippen LogP contribution in [-0.2, 0) is 9.59 Å². The second-order valence-electron chi connectivity index (χ2n) is 4.29. The Labute approximate surface area is 89.9 Å². The lowest BCUT2D eigenvalue weighted by Gasteiger charge is -2.17. The summed E-state index contributed by atoms with van der Waals surface area (Å²) in [4.78, 5) is 23.4. The molecular formula is C12H17NO2. The molecule has 1 aliphatic carbocycles. The van der Waals surface area contributed by atoms with Gasteiger partial charge in [0.1, 0.15) is 0 Å². The fraction of sp³-hybridized carbons (Fsp3) is 0.667. The summed E-state index contributed by atoms with van der Waals surface area (Å²) in [7, 11) is 0. The number of hydrogen-bond acceptors (Lipinski definition) is 3. The number of ketones is 2. The van der Waals surface area contributed by atoms with Gasteiger partial charge in [-0.05, 0) is 25.7 Å². The van der Waals surface area contributed by atoms with E-state index in [0.717, 1.165) is 37.9 Å². The molecule has 0 spiro atoms. The van der Waals surface area contributed by atoms with E-state index in [1.54, 1.807) is 0 Å². The van der Waals surface area contributed by atoms with Gasteiger partial charge in [0, 0.05) is 25.1 Å². The number of carbonyl (C=O) groups is 2. The normalized spacial score (nSPS) is 23.7. The van der Waals surface area contributed by atoms with E-state index < -0.39 is 0 Å². The molecule has 0 bridgehead atoms. The van der Waals surface area contributed by atoms with Crippen LogP contribution in [0.4, 0.5) is 0 Å². The summed E-state index contributed by atoms with van der Waals surface area (Å²) in [6.45, 7) is 0.902. The van der Waals surface area contributed by atoms with Crippen LogP contribution in [0.3, 0.4) is 0 Å². The first-order valence-corrected chi connectivity index (χ1v) is 5.82. The van der Waals surface area contributed by atoms with Crippen LogP contribution in [0.25, 0.3) is 0 Å². The van der Waals surface area contributed by atoms with Gasteiger partial charge in [-0.25, -0.2) is 0 Å². The summed E-state index contributed by atoms with van der Waals surface area (Å²) in [6, 6.07) is 0. The Morgan fingerprint density at radius 1 is 0.800 bits per heavy atom. The van der Waals surface area contributed by atoms with Crippen LogP contribution in [0.2, 0.25) is 0 Å². The van der Waals surface area contributed by atoms with E-state index in [4.69, 9.17) is 0 Å². The smallest absolute Gasteiger partial charge is 0.168 e. The molecule has 1 saturated carbocycles. The highest BCUT2D eigenvalue weighted by Gasteiger charge is 2.26. The molecule has 1 aliphatic heterocycles. The first-order chi connectivity index (χ1) is 7.29. The maximum atomic E-state index is 11.7. The van der Waals surface area contributed by atoms with Gasteiger partial charge in [-0.2, -0.15) is 0 Å². The summed E-state index contributed by atoms with van der Waals surface area (Å²) in [5.74, 6) is 0.103. The monoisotopic (exact) mass is 207 g/mol. The third kappa shape index (κ3) is 2.28. The Bertz CT molecular complexity index is 290. The molecule has 3 heteroatoms. The van der Waals surface area contributed by atoms with E-state index in [2.05, 4.69) is 5.32 Å². The van der Waals surface area contributed by atoms with Crippen LogP contribution in [0, 0.1) is 0 Å². The van der Waals surface area contributed by atoms with Crippen molar-refractivity contribution >= 4 is 11.6 Å². The largest absolute Gasteiger partial charge is 0.388 e. The Hall–Kier alpha value is -1.12. The van der Waals surface area contributed by atoms with Gasteiger partial charge >= 0.3 is 0 Å². The molecule has 0 aromatic carbocycles. The SMILES string of the molecule is O=C1CCCC(=O)C1=C1CCCCCN1. The first-order valence-electron chi connectivity index (χ1n) is 5.82. The fourth-order valence-corrected chi connectivity index (χ4v) is 2.30. The number of allylic oxidation sites excluding steroid dienone is 2. The third-order valence-corrected chi connectivity index (χ3v) is 3.11. The van der Waals surface area contributed by atoms with Gasteiger partial charge in [0.05, 0.1) is 5.57 Å². The van der Waals surface area contributed by atoms with Crippen molar-refractivity contribution in [3.63, 3.8) is 0 Å². The molecule has 0 aromatic heterocycles. The molecule has 2 rings (SSSR count). The Balaban J connectivity index is 2.25. The molecule has 1 N–H and O–H groups in total. The predicted molar refractivity (Wildman–Crippen MR) is 57.4 cm³/mol. The molecule has 2 fully saturated rings. The van der Waals surface area contributed by atoms with Crippen molar-refractivity contribution < 1.29 is 9.59 Å². The highest BCUT2D eigenvalue weighted by molar-refractivity contribution is 6.22. The number of rotatable bonds is 0. The van der Waals surface area contributed by atoms with Crippen LogP contribution >= 0.6 is 0 Å². The minimum atomic E-state index is 0.0515. The minimum Gasteiger partial charge on any atom is -0.388 e. The zero-order valence-corrected chi connectivity index (χ0v) is 8.97. The van der Waals surface area contributed by atoms with E-state index in [1.807, 2.05) is 0 Å². The van der Waals surface area contributed by atoms with Crippen LogP contribution in [0.15, 0.2) is 11.3 Å². The molecule has 82 valence electrons. The van der Waals surface area contributed by atoms with Gasteiger partial charge in [0.15, 0.2) is 11.6 Å². The van der Waals surface area contributed by atoms with Crippen LogP contribution in [0.5, 0.6) is 0 Å². The van der Waals surface area contributed by atoms with Gasteiger partial charge in [0.2, 0.25) is 0 Å². The highest BCUT2D eigenvalue weighted by Crippen LogP contribution is 2.23. The van der Waals surface area contributed by atoms with Crippen molar-refractivity contribution in [3.8, 4) is 0 Å². The molecule has 0 amide bonds. The topological polar surface area (TPSA) is 46.2 Å². The number of nitrogens with one attached hydrogen (secondary N) is 1. The summed E-state index contributed by atoms with van der Waals surface area (Å²) < 4.78 is 0. The average Bonchev–Trinajstić information content (AvgIpc) is 2.46. The zero-order chi connectivity index (χ0) is 10.7. The third-order valence-electron chi connectivity index (χ3n) is 3.11. The number of Topliss-reactive ketones (excluding diaryl/α,β-unsaturated/α-hetero) is 2.